The quantitative estimate of drug-likeness (QED) is 0.721. The fourth-order valence-electron chi connectivity index (χ4n) is 2.58. The number of anilines is 1. The molecule has 128 valence electrons. The topological polar surface area (TPSA) is 70.9 Å². The number of hydrogen-bond acceptors (Lipinski definition) is 5. The third-order valence-electron chi connectivity index (χ3n) is 3.94. The molecule has 0 saturated heterocycles. The van der Waals surface area contributed by atoms with Crippen LogP contribution in [0.3, 0.4) is 0 Å². The summed E-state index contributed by atoms with van der Waals surface area (Å²) in [7, 11) is 0. The Balaban J connectivity index is 1.78. The second-order valence-electron chi connectivity index (χ2n) is 5.95. The standard InChI is InChI=1S/C20H22N4O/c1-3-16-12-19(24-20(23-16)17-9-4-5-10-21-17)22-13-18(25)15-8-6-7-14(2)11-15/h4-12,18,25H,3,13H2,1-2H3,(H,22,23,24). The van der Waals surface area contributed by atoms with Gasteiger partial charge in [0, 0.05) is 24.5 Å². The molecule has 0 spiro atoms. The average Bonchev–Trinajstić information content (AvgIpc) is 2.66. The van der Waals surface area contributed by atoms with Crippen molar-refractivity contribution in [1.29, 1.82) is 0 Å². The van der Waals surface area contributed by atoms with E-state index in [9.17, 15) is 5.11 Å². The zero-order valence-corrected chi connectivity index (χ0v) is 14.5. The molecule has 1 aromatic carbocycles. The molecule has 1 unspecified atom stereocenters. The maximum atomic E-state index is 10.4. The molecular formula is C20H22N4O. The van der Waals surface area contributed by atoms with E-state index in [-0.39, 0.29) is 0 Å². The van der Waals surface area contributed by atoms with Crippen LogP contribution in [0.2, 0.25) is 0 Å². The van der Waals surface area contributed by atoms with E-state index in [2.05, 4.69) is 27.2 Å². The maximum Gasteiger partial charge on any atom is 0.180 e. The molecule has 2 heterocycles. The number of aliphatic hydroxyl groups excluding tert-OH is 1. The summed E-state index contributed by atoms with van der Waals surface area (Å²) in [5, 5.41) is 13.6. The lowest BCUT2D eigenvalue weighted by molar-refractivity contribution is 0.191. The van der Waals surface area contributed by atoms with Crippen LogP contribution in [0.1, 0.15) is 29.8 Å². The summed E-state index contributed by atoms with van der Waals surface area (Å²) in [6, 6.07) is 15.5. The van der Waals surface area contributed by atoms with Crippen LogP contribution < -0.4 is 5.32 Å². The molecule has 25 heavy (non-hydrogen) atoms. The number of aromatic nitrogens is 3. The van der Waals surface area contributed by atoms with Crippen molar-refractivity contribution in [3.63, 3.8) is 0 Å². The van der Waals surface area contributed by atoms with Crippen LogP contribution in [-0.4, -0.2) is 26.6 Å². The van der Waals surface area contributed by atoms with Crippen LogP contribution >= 0.6 is 0 Å². The van der Waals surface area contributed by atoms with Crippen molar-refractivity contribution < 1.29 is 5.11 Å². The summed E-state index contributed by atoms with van der Waals surface area (Å²) >= 11 is 0. The number of aliphatic hydroxyl groups is 1. The zero-order chi connectivity index (χ0) is 17.6. The van der Waals surface area contributed by atoms with Gasteiger partial charge >= 0.3 is 0 Å². The van der Waals surface area contributed by atoms with Crippen molar-refractivity contribution >= 4 is 5.82 Å². The van der Waals surface area contributed by atoms with E-state index in [1.807, 2.05) is 55.5 Å². The van der Waals surface area contributed by atoms with Gasteiger partial charge in [-0.15, -0.1) is 0 Å². The first kappa shape index (κ1) is 17.0. The molecule has 5 nitrogen and oxygen atoms in total. The Morgan fingerprint density at radius 1 is 1.08 bits per heavy atom. The van der Waals surface area contributed by atoms with Gasteiger partial charge in [0.1, 0.15) is 11.5 Å². The highest BCUT2D eigenvalue weighted by atomic mass is 16.3. The van der Waals surface area contributed by atoms with Crippen molar-refractivity contribution in [1.82, 2.24) is 15.0 Å². The molecule has 0 aliphatic heterocycles. The molecule has 0 amide bonds. The maximum absolute atomic E-state index is 10.4. The molecule has 3 aromatic rings. The van der Waals surface area contributed by atoms with Gasteiger partial charge in [-0.3, -0.25) is 4.98 Å². The van der Waals surface area contributed by atoms with Crippen molar-refractivity contribution in [2.45, 2.75) is 26.4 Å². The Kier molecular flexibility index (Phi) is 5.36. The van der Waals surface area contributed by atoms with Gasteiger partial charge in [0.2, 0.25) is 0 Å². The summed E-state index contributed by atoms with van der Waals surface area (Å²) < 4.78 is 0. The summed E-state index contributed by atoms with van der Waals surface area (Å²) in [5.74, 6) is 1.28. The van der Waals surface area contributed by atoms with Crippen LogP contribution in [0.15, 0.2) is 54.7 Å². The van der Waals surface area contributed by atoms with E-state index >= 15 is 0 Å². The van der Waals surface area contributed by atoms with E-state index in [4.69, 9.17) is 0 Å². The van der Waals surface area contributed by atoms with E-state index in [1.165, 1.54) is 0 Å². The minimum atomic E-state index is -0.599. The van der Waals surface area contributed by atoms with Gasteiger partial charge in [-0.1, -0.05) is 42.8 Å². The van der Waals surface area contributed by atoms with Crippen LogP contribution in [0, 0.1) is 6.92 Å². The Labute approximate surface area is 147 Å². The number of nitrogens with zero attached hydrogens (tertiary/aromatic N) is 3. The molecule has 0 radical (unpaired) electrons. The Hall–Kier alpha value is -2.79. The predicted molar refractivity (Wildman–Crippen MR) is 99.3 cm³/mol. The molecule has 0 saturated carbocycles. The van der Waals surface area contributed by atoms with Crippen molar-refractivity contribution in [3.8, 4) is 11.5 Å². The van der Waals surface area contributed by atoms with Gasteiger partial charge in [-0.25, -0.2) is 9.97 Å². The van der Waals surface area contributed by atoms with Crippen LogP contribution in [-0.2, 0) is 6.42 Å². The third kappa shape index (κ3) is 4.39. The van der Waals surface area contributed by atoms with Gasteiger partial charge in [0.25, 0.3) is 0 Å². The average molecular weight is 334 g/mol. The van der Waals surface area contributed by atoms with E-state index in [0.717, 1.165) is 28.9 Å². The second kappa shape index (κ2) is 7.85. The number of pyridine rings is 1. The van der Waals surface area contributed by atoms with E-state index < -0.39 is 6.10 Å². The van der Waals surface area contributed by atoms with Crippen LogP contribution in [0.5, 0.6) is 0 Å². The van der Waals surface area contributed by atoms with Gasteiger partial charge in [-0.2, -0.15) is 0 Å². The molecule has 0 aliphatic rings. The third-order valence-corrected chi connectivity index (χ3v) is 3.94. The molecule has 1 atom stereocenters. The van der Waals surface area contributed by atoms with Gasteiger partial charge in [0.05, 0.1) is 6.10 Å². The summed E-state index contributed by atoms with van der Waals surface area (Å²) in [4.78, 5) is 13.4. The Morgan fingerprint density at radius 3 is 2.68 bits per heavy atom. The molecule has 2 aromatic heterocycles. The normalized spacial score (nSPS) is 12.0. The minimum absolute atomic E-state index is 0.380. The van der Waals surface area contributed by atoms with Gasteiger partial charge in [0.15, 0.2) is 5.82 Å². The zero-order valence-electron chi connectivity index (χ0n) is 14.5. The molecular weight excluding hydrogens is 312 g/mol. The number of benzene rings is 1. The van der Waals surface area contributed by atoms with Gasteiger partial charge in [-0.05, 0) is 31.0 Å². The molecule has 3 rings (SSSR count). The fraction of sp³-hybridized carbons (Fsp3) is 0.250. The molecule has 2 N–H and O–H groups in total. The largest absolute Gasteiger partial charge is 0.387 e. The predicted octanol–water partition coefficient (Wildman–Crippen LogP) is 3.55. The smallest absolute Gasteiger partial charge is 0.180 e. The van der Waals surface area contributed by atoms with Crippen molar-refractivity contribution in [3.05, 3.63) is 71.5 Å². The first-order valence-corrected chi connectivity index (χ1v) is 8.43. The lowest BCUT2D eigenvalue weighted by Crippen LogP contribution is -2.14. The first-order chi connectivity index (χ1) is 12.2. The van der Waals surface area contributed by atoms with E-state index in [1.54, 1.807) is 6.20 Å². The molecule has 5 heteroatoms. The highest BCUT2D eigenvalue weighted by Gasteiger charge is 2.10. The Morgan fingerprint density at radius 2 is 1.96 bits per heavy atom. The number of rotatable bonds is 6. The number of nitrogens with one attached hydrogen (secondary N) is 1. The highest BCUT2D eigenvalue weighted by molar-refractivity contribution is 5.53. The number of hydrogen-bond donors (Lipinski definition) is 2. The van der Waals surface area contributed by atoms with Crippen molar-refractivity contribution in [2.75, 3.05) is 11.9 Å². The Bertz CT molecular complexity index is 836. The summed E-state index contributed by atoms with van der Waals surface area (Å²) in [6.07, 6.45) is 1.93. The first-order valence-electron chi connectivity index (χ1n) is 8.43. The lowest BCUT2D eigenvalue weighted by atomic mass is 10.1. The minimum Gasteiger partial charge on any atom is -0.387 e. The monoisotopic (exact) mass is 334 g/mol. The van der Waals surface area contributed by atoms with Crippen LogP contribution in [0.4, 0.5) is 5.82 Å². The van der Waals surface area contributed by atoms with E-state index in [0.29, 0.717) is 18.2 Å². The van der Waals surface area contributed by atoms with Crippen molar-refractivity contribution in [2.24, 2.45) is 0 Å². The highest BCUT2D eigenvalue weighted by Crippen LogP contribution is 2.18. The lowest BCUT2D eigenvalue weighted by Gasteiger charge is -2.14. The summed E-state index contributed by atoms with van der Waals surface area (Å²) in [5.41, 5.74) is 3.69. The fourth-order valence-corrected chi connectivity index (χ4v) is 2.58. The van der Waals surface area contributed by atoms with Crippen LogP contribution in [0.25, 0.3) is 11.5 Å². The van der Waals surface area contributed by atoms with Gasteiger partial charge < -0.3 is 10.4 Å². The second-order valence-corrected chi connectivity index (χ2v) is 5.95. The SMILES string of the molecule is CCc1cc(NCC(O)c2cccc(C)c2)nc(-c2ccccn2)n1. The molecule has 0 bridgehead atoms. The molecule has 0 fully saturated rings. The molecule has 0 aliphatic carbocycles. The summed E-state index contributed by atoms with van der Waals surface area (Å²) in [6.45, 7) is 4.45. The number of aryl methyl sites for hydroxylation is 2.